The zero-order valence-electron chi connectivity index (χ0n) is 12.8. The fourth-order valence-electron chi connectivity index (χ4n) is 1.44. The van der Waals surface area contributed by atoms with E-state index in [1.807, 2.05) is 6.92 Å². The van der Waals surface area contributed by atoms with E-state index in [1.54, 1.807) is 38.6 Å². The number of thiocarbonyl (C=S) groups is 1. The van der Waals surface area contributed by atoms with Gasteiger partial charge in [-0.05, 0) is 33.4 Å². The highest BCUT2D eigenvalue weighted by Gasteiger charge is 2.29. The summed E-state index contributed by atoms with van der Waals surface area (Å²) >= 11 is 6.47. The monoisotopic (exact) mass is 319 g/mol. The summed E-state index contributed by atoms with van der Waals surface area (Å²) in [7, 11) is 0. The molecule has 0 saturated carbocycles. The Kier molecular flexibility index (Phi) is 9.09. The Labute approximate surface area is 131 Å². The van der Waals surface area contributed by atoms with Crippen LogP contribution in [-0.4, -0.2) is 45.8 Å². The van der Waals surface area contributed by atoms with Crippen molar-refractivity contribution in [3.8, 4) is 0 Å². The summed E-state index contributed by atoms with van der Waals surface area (Å²) in [5.74, 6) is 1.32. The highest BCUT2D eigenvalue weighted by molar-refractivity contribution is 7.99. The average Bonchev–Trinajstić information content (AvgIpc) is 2.30. The van der Waals surface area contributed by atoms with E-state index in [0.717, 1.165) is 17.1 Å². The molecule has 0 aliphatic heterocycles. The number of esters is 1. The topological polar surface area (TPSA) is 58.6 Å². The third-order valence-electron chi connectivity index (χ3n) is 2.24. The van der Waals surface area contributed by atoms with E-state index in [1.165, 1.54) is 5.49 Å². The van der Waals surface area contributed by atoms with Gasteiger partial charge in [0.1, 0.15) is 11.7 Å². The number of carbonyl (C=O) groups is 1. The van der Waals surface area contributed by atoms with Gasteiger partial charge in [0.2, 0.25) is 0 Å². The minimum Gasteiger partial charge on any atom is -0.458 e. The lowest BCUT2D eigenvalue weighted by Gasteiger charge is -2.25. The quantitative estimate of drug-likeness (QED) is 0.407. The van der Waals surface area contributed by atoms with Gasteiger partial charge in [-0.15, -0.1) is 0 Å². The van der Waals surface area contributed by atoms with Gasteiger partial charge < -0.3 is 15.2 Å². The second-order valence-electron chi connectivity index (χ2n) is 5.44. The molecule has 0 aliphatic carbocycles. The fourth-order valence-corrected chi connectivity index (χ4v) is 2.21. The molecule has 0 aromatic carbocycles. The highest BCUT2D eigenvalue weighted by atomic mass is 32.2. The molecular formula is C14H25NO3S2. The molecule has 0 radical (unpaired) electrons. The fraction of sp³-hybridized carbons (Fsp3) is 0.714. The predicted octanol–water partition coefficient (Wildman–Crippen LogP) is 2.30. The van der Waals surface area contributed by atoms with Crippen LogP contribution < -0.4 is 5.32 Å². The molecule has 116 valence electrons. The molecule has 0 rings (SSSR count). The van der Waals surface area contributed by atoms with Crippen LogP contribution in [0.4, 0.5) is 0 Å². The van der Waals surface area contributed by atoms with Crippen molar-refractivity contribution in [2.75, 3.05) is 11.5 Å². The third-order valence-corrected chi connectivity index (χ3v) is 3.44. The molecule has 0 aliphatic rings. The number of thioether (sulfide) groups is 1. The molecule has 0 saturated heterocycles. The highest BCUT2D eigenvalue weighted by Crippen LogP contribution is 2.13. The zero-order chi connectivity index (χ0) is 15.8. The van der Waals surface area contributed by atoms with Crippen LogP contribution >= 0.6 is 24.0 Å². The standard InChI is InChI=1S/C14H25NO3S2/c1-6-20-8-10(2)7-11(16)12(15-9-19)13(17)18-14(3,4)5/h7,9,11-12,16H,6,8H2,1-5H3,(H,15,19)/b10-7+/t11-,12+/m1/s1. The molecule has 0 aromatic heterocycles. The summed E-state index contributed by atoms with van der Waals surface area (Å²) in [5.41, 5.74) is 1.64. The van der Waals surface area contributed by atoms with Crippen molar-refractivity contribution in [2.45, 2.75) is 52.4 Å². The Hall–Kier alpha value is -0.590. The van der Waals surface area contributed by atoms with Crippen molar-refractivity contribution in [1.82, 2.24) is 5.32 Å². The molecule has 0 bridgehead atoms. The van der Waals surface area contributed by atoms with E-state index in [2.05, 4.69) is 12.2 Å². The minimum atomic E-state index is -0.971. The third kappa shape index (κ3) is 8.55. The van der Waals surface area contributed by atoms with E-state index in [-0.39, 0.29) is 0 Å². The van der Waals surface area contributed by atoms with Gasteiger partial charge in [-0.1, -0.05) is 30.8 Å². The first-order chi connectivity index (χ1) is 9.21. The van der Waals surface area contributed by atoms with Gasteiger partial charge in [-0.2, -0.15) is 11.8 Å². The van der Waals surface area contributed by atoms with E-state index in [0.29, 0.717) is 0 Å². The summed E-state index contributed by atoms with van der Waals surface area (Å²) in [6.45, 7) is 9.35. The Bertz CT molecular complexity index is 351. The Morgan fingerprint density at radius 3 is 2.55 bits per heavy atom. The normalized spacial score (nSPS) is 15.4. The van der Waals surface area contributed by atoms with Crippen LogP contribution in [0.5, 0.6) is 0 Å². The Morgan fingerprint density at radius 2 is 2.10 bits per heavy atom. The molecule has 2 atom stereocenters. The molecule has 0 aromatic rings. The summed E-state index contributed by atoms with van der Waals surface area (Å²) in [5, 5.41) is 12.8. The molecule has 0 fully saturated rings. The average molecular weight is 319 g/mol. The maximum absolute atomic E-state index is 12.0. The van der Waals surface area contributed by atoms with Crippen LogP contribution in [0.1, 0.15) is 34.6 Å². The maximum Gasteiger partial charge on any atom is 0.332 e. The number of carbonyl (C=O) groups excluding carboxylic acids is 1. The van der Waals surface area contributed by atoms with Gasteiger partial charge >= 0.3 is 5.97 Å². The van der Waals surface area contributed by atoms with Gasteiger partial charge in [0, 0.05) is 5.75 Å². The molecule has 20 heavy (non-hydrogen) atoms. The van der Waals surface area contributed by atoms with E-state index in [9.17, 15) is 9.90 Å². The van der Waals surface area contributed by atoms with Crippen LogP contribution in [0.3, 0.4) is 0 Å². The number of hydrogen-bond acceptors (Lipinski definition) is 5. The number of nitrogens with one attached hydrogen (secondary N) is 1. The van der Waals surface area contributed by atoms with Crippen LogP contribution in [0.15, 0.2) is 11.6 Å². The van der Waals surface area contributed by atoms with Crippen molar-refractivity contribution in [1.29, 1.82) is 0 Å². The van der Waals surface area contributed by atoms with Gasteiger partial charge in [-0.25, -0.2) is 4.79 Å². The first-order valence-electron chi connectivity index (χ1n) is 6.57. The van der Waals surface area contributed by atoms with Crippen LogP contribution in [0.2, 0.25) is 0 Å². The zero-order valence-corrected chi connectivity index (χ0v) is 14.4. The second kappa shape index (κ2) is 9.37. The summed E-state index contributed by atoms with van der Waals surface area (Å²) in [4.78, 5) is 12.0. The van der Waals surface area contributed by atoms with Gasteiger partial charge in [0.05, 0.1) is 5.49 Å². The molecule has 0 spiro atoms. The Morgan fingerprint density at radius 1 is 1.50 bits per heavy atom. The summed E-state index contributed by atoms with van der Waals surface area (Å²) < 4.78 is 5.27. The lowest BCUT2D eigenvalue weighted by Crippen LogP contribution is -2.47. The molecular weight excluding hydrogens is 294 g/mol. The molecule has 4 nitrogen and oxygen atoms in total. The smallest absolute Gasteiger partial charge is 0.332 e. The molecule has 0 amide bonds. The van der Waals surface area contributed by atoms with Gasteiger partial charge in [0.25, 0.3) is 0 Å². The number of hydrogen-bond donors (Lipinski definition) is 2. The minimum absolute atomic E-state index is 0.515. The number of ether oxygens (including phenoxy) is 1. The number of rotatable bonds is 8. The summed E-state index contributed by atoms with van der Waals surface area (Å²) in [6, 6.07) is -0.881. The van der Waals surface area contributed by atoms with Crippen LogP contribution in [0.25, 0.3) is 0 Å². The lowest BCUT2D eigenvalue weighted by molar-refractivity contribution is -0.159. The van der Waals surface area contributed by atoms with Crippen molar-refractivity contribution in [3.63, 3.8) is 0 Å². The van der Waals surface area contributed by atoms with Crippen molar-refractivity contribution >= 4 is 35.4 Å². The van der Waals surface area contributed by atoms with Gasteiger partial charge in [-0.3, -0.25) is 0 Å². The Balaban J connectivity index is 4.80. The first-order valence-corrected chi connectivity index (χ1v) is 8.19. The first kappa shape index (κ1) is 19.4. The SMILES string of the molecule is CCSC/C(C)=C/[C@@H](O)[C@H](NC=S)C(=O)OC(C)(C)C. The molecule has 0 heterocycles. The van der Waals surface area contributed by atoms with Crippen LogP contribution in [0, 0.1) is 0 Å². The van der Waals surface area contributed by atoms with Crippen molar-refractivity contribution in [2.24, 2.45) is 0 Å². The number of aliphatic hydroxyl groups excluding tert-OH is 1. The molecule has 0 unspecified atom stereocenters. The van der Waals surface area contributed by atoms with Crippen LogP contribution in [-0.2, 0) is 9.53 Å². The molecule has 6 heteroatoms. The van der Waals surface area contributed by atoms with E-state index >= 15 is 0 Å². The summed E-state index contributed by atoms with van der Waals surface area (Å²) in [6.07, 6.45) is 0.699. The number of aliphatic hydroxyl groups is 1. The second-order valence-corrected chi connectivity index (χ2v) is 6.95. The lowest BCUT2D eigenvalue weighted by atomic mass is 10.1. The van der Waals surface area contributed by atoms with Crippen molar-refractivity contribution in [3.05, 3.63) is 11.6 Å². The van der Waals surface area contributed by atoms with E-state index < -0.39 is 23.7 Å². The molecule has 2 N–H and O–H groups in total. The van der Waals surface area contributed by atoms with Crippen molar-refractivity contribution < 1.29 is 14.6 Å². The predicted molar refractivity (Wildman–Crippen MR) is 89.2 cm³/mol. The van der Waals surface area contributed by atoms with E-state index in [4.69, 9.17) is 17.0 Å². The van der Waals surface area contributed by atoms with Gasteiger partial charge in [0.15, 0.2) is 6.04 Å². The largest absolute Gasteiger partial charge is 0.458 e. The maximum atomic E-state index is 12.0.